The Kier molecular flexibility index (Phi) is 6.57. The van der Waals surface area contributed by atoms with E-state index in [1.165, 1.54) is 30.5 Å². The number of sulfone groups is 1. The van der Waals surface area contributed by atoms with Gasteiger partial charge in [-0.2, -0.15) is 0 Å². The summed E-state index contributed by atoms with van der Waals surface area (Å²) in [5.41, 5.74) is 1.94. The van der Waals surface area contributed by atoms with Gasteiger partial charge in [0.1, 0.15) is 27.6 Å². The van der Waals surface area contributed by atoms with Crippen LogP contribution in [0.15, 0.2) is 41.6 Å². The summed E-state index contributed by atoms with van der Waals surface area (Å²) in [6, 6.07) is 8.89. The second kappa shape index (κ2) is 8.81. The molecule has 8 heteroatoms. The van der Waals surface area contributed by atoms with Crippen molar-refractivity contribution in [1.29, 1.82) is 0 Å². The van der Waals surface area contributed by atoms with Gasteiger partial charge in [0.25, 0.3) is 0 Å². The first kappa shape index (κ1) is 22.4. The van der Waals surface area contributed by atoms with Crippen LogP contribution in [0.25, 0.3) is 11.1 Å². The molecule has 1 heterocycles. The second-order valence-corrected chi connectivity index (χ2v) is 10.4. The van der Waals surface area contributed by atoms with Crippen LogP contribution >= 0.6 is 0 Å². The Morgan fingerprint density at radius 1 is 1.13 bits per heavy atom. The van der Waals surface area contributed by atoms with Crippen molar-refractivity contribution in [1.82, 2.24) is 0 Å². The number of oxime groups is 1. The van der Waals surface area contributed by atoms with Gasteiger partial charge < -0.3 is 9.94 Å². The SMILES string of the molecule is CC(C[C@H]1CC(c2ccc(-c3ccc(C[C@@H](C)O)cc3F)c(F)c2)=NO1)S(C)(=O)=O. The minimum Gasteiger partial charge on any atom is -0.393 e. The Morgan fingerprint density at radius 2 is 1.77 bits per heavy atom. The highest BCUT2D eigenvalue weighted by atomic mass is 32.2. The van der Waals surface area contributed by atoms with Crippen LogP contribution in [0, 0.1) is 11.6 Å². The first-order valence-corrected chi connectivity index (χ1v) is 11.7. The van der Waals surface area contributed by atoms with E-state index in [2.05, 4.69) is 5.16 Å². The molecule has 0 bridgehead atoms. The van der Waals surface area contributed by atoms with Gasteiger partial charge >= 0.3 is 0 Å². The summed E-state index contributed by atoms with van der Waals surface area (Å²) in [5.74, 6) is -1.15. The minimum absolute atomic E-state index is 0.126. The molecule has 30 heavy (non-hydrogen) atoms. The summed E-state index contributed by atoms with van der Waals surface area (Å²) < 4.78 is 52.5. The van der Waals surface area contributed by atoms with Gasteiger partial charge in [-0.25, -0.2) is 17.2 Å². The van der Waals surface area contributed by atoms with Gasteiger partial charge in [-0.3, -0.25) is 0 Å². The van der Waals surface area contributed by atoms with Crippen LogP contribution in [0.3, 0.4) is 0 Å². The summed E-state index contributed by atoms with van der Waals surface area (Å²) in [7, 11) is -3.17. The monoisotopic (exact) mass is 437 g/mol. The number of hydrogen-bond acceptors (Lipinski definition) is 5. The van der Waals surface area contributed by atoms with Crippen molar-refractivity contribution in [2.45, 2.75) is 50.6 Å². The Bertz CT molecular complexity index is 1070. The van der Waals surface area contributed by atoms with Gasteiger partial charge in [-0.15, -0.1) is 0 Å². The van der Waals surface area contributed by atoms with E-state index in [1.54, 1.807) is 26.0 Å². The third-order valence-corrected chi connectivity index (χ3v) is 6.87. The molecule has 2 aromatic carbocycles. The summed E-state index contributed by atoms with van der Waals surface area (Å²) in [6.45, 7) is 3.23. The quantitative estimate of drug-likeness (QED) is 0.714. The van der Waals surface area contributed by atoms with Gasteiger partial charge in [-0.05, 0) is 38.0 Å². The minimum atomic E-state index is -3.17. The maximum absolute atomic E-state index is 14.8. The molecule has 5 nitrogen and oxygen atoms in total. The van der Waals surface area contributed by atoms with E-state index in [0.717, 1.165) is 0 Å². The van der Waals surface area contributed by atoms with E-state index in [-0.39, 0.29) is 17.2 Å². The molecule has 0 saturated carbocycles. The zero-order chi connectivity index (χ0) is 22.1. The molecule has 162 valence electrons. The van der Waals surface area contributed by atoms with Crippen LogP contribution < -0.4 is 0 Å². The molecule has 0 fully saturated rings. The second-order valence-electron chi connectivity index (χ2n) is 7.91. The molecule has 3 rings (SSSR count). The lowest BCUT2D eigenvalue weighted by molar-refractivity contribution is 0.0792. The molecule has 0 aliphatic carbocycles. The van der Waals surface area contributed by atoms with Crippen molar-refractivity contribution in [2.75, 3.05) is 6.26 Å². The molecule has 0 spiro atoms. The number of hydrogen-bond donors (Lipinski definition) is 1. The van der Waals surface area contributed by atoms with E-state index >= 15 is 0 Å². The fraction of sp³-hybridized carbons (Fsp3) is 0.409. The number of benzene rings is 2. The molecule has 0 radical (unpaired) electrons. The first-order chi connectivity index (χ1) is 14.0. The fourth-order valence-electron chi connectivity index (χ4n) is 3.43. The van der Waals surface area contributed by atoms with E-state index in [0.29, 0.717) is 36.1 Å². The van der Waals surface area contributed by atoms with Gasteiger partial charge in [0.05, 0.1) is 17.1 Å². The summed E-state index contributed by atoms with van der Waals surface area (Å²) in [4.78, 5) is 5.33. The highest BCUT2D eigenvalue weighted by molar-refractivity contribution is 7.91. The number of aliphatic hydroxyl groups is 1. The molecule has 0 amide bonds. The summed E-state index contributed by atoms with van der Waals surface area (Å²) in [6.07, 6.45) is 1.20. The van der Waals surface area contributed by atoms with Crippen molar-refractivity contribution in [2.24, 2.45) is 5.16 Å². The molecular formula is C22H25F2NO4S. The standard InChI is InChI=1S/C22H25F2NO4S/c1-13(26)8-15-4-6-18(20(23)10-15)19-7-5-16(11-21(19)24)22-12-17(29-25-22)9-14(2)30(3,27)28/h4-7,10-11,13-14,17,26H,8-9,12H2,1-3H3/t13-,14?,17+/m1/s1. The van der Waals surface area contributed by atoms with Crippen LogP contribution in [-0.2, 0) is 21.1 Å². The van der Waals surface area contributed by atoms with E-state index in [9.17, 15) is 22.3 Å². The van der Waals surface area contributed by atoms with Crippen molar-refractivity contribution in [3.05, 3.63) is 59.2 Å². The van der Waals surface area contributed by atoms with Crippen molar-refractivity contribution in [3.8, 4) is 11.1 Å². The Labute approximate surface area is 175 Å². The van der Waals surface area contributed by atoms with Crippen molar-refractivity contribution >= 4 is 15.5 Å². The van der Waals surface area contributed by atoms with Gasteiger partial charge in [-0.1, -0.05) is 29.4 Å². The summed E-state index contributed by atoms with van der Waals surface area (Å²) in [5, 5.41) is 12.9. The lowest BCUT2D eigenvalue weighted by Gasteiger charge is -2.13. The smallest absolute Gasteiger partial charge is 0.150 e. The van der Waals surface area contributed by atoms with Crippen LogP contribution in [0.5, 0.6) is 0 Å². The average Bonchev–Trinajstić information content (AvgIpc) is 3.09. The molecular weight excluding hydrogens is 412 g/mol. The number of rotatable bonds is 7. The Balaban J connectivity index is 1.75. The van der Waals surface area contributed by atoms with Crippen molar-refractivity contribution in [3.63, 3.8) is 0 Å². The third kappa shape index (κ3) is 5.23. The first-order valence-electron chi connectivity index (χ1n) is 9.73. The van der Waals surface area contributed by atoms with Crippen LogP contribution in [0.1, 0.15) is 37.8 Å². The van der Waals surface area contributed by atoms with Gasteiger partial charge in [0.15, 0.2) is 0 Å². The van der Waals surface area contributed by atoms with E-state index in [1.807, 2.05) is 0 Å². The highest BCUT2D eigenvalue weighted by Gasteiger charge is 2.28. The molecule has 2 aromatic rings. The molecule has 1 N–H and O–H groups in total. The van der Waals surface area contributed by atoms with Gasteiger partial charge in [0, 0.05) is 35.8 Å². The normalized spacial score (nSPS) is 18.6. The Morgan fingerprint density at radius 3 is 2.33 bits per heavy atom. The fourth-order valence-corrected chi connectivity index (χ4v) is 3.99. The number of aliphatic hydroxyl groups excluding tert-OH is 1. The molecule has 1 unspecified atom stereocenters. The maximum Gasteiger partial charge on any atom is 0.150 e. The summed E-state index contributed by atoms with van der Waals surface area (Å²) >= 11 is 0. The lowest BCUT2D eigenvalue weighted by Crippen LogP contribution is -2.23. The van der Waals surface area contributed by atoms with Crippen LogP contribution in [0.2, 0.25) is 0 Å². The number of halogens is 2. The highest BCUT2D eigenvalue weighted by Crippen LogP contribution is 2.29. The largest absolute Gasteiger partial charge is 0.393 e. The third-order valence-electron chi connectivity index (χ3n) is 5.22. The predicted molar refractivity (Wildman–Crippen MR) is 112 cm³/mol. The van der Waals surface area contributed by atoms with E-state index in [4.69, 9.17) is 4.84 Å². The maximum atomic E-state index is 14.8. The average molecular weight is 438 g/mol. The molecule has 0 saturated heterocycles. The lowest BCUT2D eigenvalue weighted by atomic mass is 9.97. The van der Waals surface area contributed by atoms with Crippen LogP contribution in [0.4, 0.5) is 8.78 Å². The zero-order valence-electron chi connectivity index (χ0n) is 17.1. The van der Waals surface area contributed by atoms with Crippen molar-refractivity contribution < 1.29 is 27.1 Å². The van der Waals surface area contributed by atoms with E-state index < -0.39 is 32.8 Å². The molecule has 0 aromatic heterocycles. The van der Waals surface area contributed by atoms with Crippen LogP contribution in [-0.4, -0.2) is 42.9 Å². The van der Waals surface area contributed by atoms with Gasteiger partial charge in [0.2, 0.25) is 0 Å². The molecule has 1 aliphatic rings. The Hall–Kier alpha value is -2.32. The number of nitrogens with zero attached hydrogens (tertiary/aromatic N) is 1. The molecule has 1 aliphatic heterocycles. The molecule has 3 atom stereocenters. The zero-order valence-corrected chi connectivity index (χ0v) is 17.9. The predicted octanol–water partition coefficient (Wildman–Crippen LogP) is 3.87. The topological polar surface area (TPSA) is 76.0 Å².